The fourth-order valence-electron chi connectivity index (χ4n) is 6.38. The lowest BCUT2D eigenvalue weighted by molar-refractivity contribution is -0.138. The molecular formula is C37H47N5O4S. The predicted molar refractivity (Wildman–Crippen MR) is 188 cm³/mol. The van der Waals surface area contributed by atoms with Gasteiger partial charge in [-0.05, 0) is 69.9 Å². The molecule has 0 bridgehead atoms. The first-order valence-electron chi connectivity index (χ1n) is 16.5. The van der Waals surface area contributed by atoms with Crippen LogP contribution in [0.15, 0.2) is 41.9 Å². The maximum Gasteiger partial charge on any atom is 0.239 e. The fraction of sp³-hybridized carbons (Fsp3) is 0.486. The van der Waals surface area contributed by atoms with Crippen molar-refractivity contribution in [3.05, 3.63) is 58.2 Å². The molecule has 2 atom stereocenters. The van der Waals surface area contributed by atoms with Gasteiger partial charge in [-0.1, -0.05) is 26.3 Å². The second-order valence-corrected chi connectivity index (χ2v) is 13.6. The molecule has 1 aromatic carbocycles. The SMILES string of the molecule is C#COCC(C)(C)Cc1c(-c2cccnc2C(C)OC)n(CC)c2ccc(-c3csc(C(CC(=O)N4CCCCN4)OCC)n3)cc12. The summed E-state index contributed by atoms with van der Waals surface area (Å²) in [6.45, 7) is 13.7. The molecule has 2 unspecified atom stereocenters. The standard InChI is InChI=1S/C37H47N5O4S/c1-8-41-31-16-15-26(30-23-47-36(40-30)32(46-10-3)21-33(43)42-19-12-11-18-39-42)20-28(31)29(22-37(5,6)24-45-9-2)35(41)27-14-13-17-38-34(27)25(4)44-7/h2,13-17,20,23,25,32,39H,8,10-12,18-19,21-22,24H2,1,3-7H3. The molecule has 0 spiro atoms. The molecule has 1 aliphatic rings. The number of methoxy groups -OCH3 is 1. The van der Waals surface area contributed by atoms with Gasteiger partial charge in [0.05, 0.1) is 29.6 Å². The minimum Gasteiger partial charge on any atom is -0.446 e. The van der Waals surface area contributed by atoms with Gasteiger partial charge < -0.3 is 18.8 Å². The highest BCUT2D eigenvalue weighted by Crippen LogP contribution is 2.42. The summed E-state index contributed by atoms with van der Waals surface area (Å²) in [4.78, 5) is 22.9. The predicted octanol–water partition coefficient (Wildman–Crippen LogP) is 7.32. The average molecular weight is 658 g/mol. The van der Waals surface area contributed by atoms with E-state index in [2.05, 4.69) is 66.5 Å². The number of pyridine rings is 1. The van der Waals surface area contributed by atoms with Gasteiger partial charge in [0.15, 0.2) is 0 Å². The van der Waals surface area contributed by atoms with Gasteiger partial charge in [0.1, 0.15) is 23.8 Å². The molecule has 47 heavy (non-hydrogen) atoms. The van der Waals surface area contributed by atoms with E-state index in [4.69, 9.17) is 30.6 Å². The third kappa shape index (κ3) is 7.71. The number of amides is 1. The fourth-order valence-corrected chi connectivity index (χ4v) is 7.25. The summed E-state index contributed by atoms with van der Waals surface area (Å²) in [6.07, 6.45) is 12.1. The van der Waals surface area contributed by atoms with Crippen LogP contribution in [0.5, 0.6) is 0 Å². The lowest BCUT2D eigenvalue weighted by Crippen LogP contribution is -2.47. The first kappa shape index (κ1) is 34.6. The van der Waals surface area contributed by atoms with Gasteiger partial charge in [0.2, 0.25) is 5.91 Å². The van der Waals surface area contributed by atoms with Gasteiger partial charge in [0.25, 0.3) is 0 Å². The van der Waals surface area contributed by atoms with Crippen molar-refractivity contribution in [2.75, 3.05) is 33.4 Å². The zero-order chi connectivity index (χ0) is 33.6. The number of thiazole rings is 1. The topological polar surface area (TPSA) is 90.7 Å². The summed E-state index contributed by atoms with van der Waals surface area (Å²) in [5.74, 6) is 0.0355. The Morgan fingerprint density at radius 2 is 2.06 bits per heavy atom. The van der Waals surface area contributed by atoms with Gasteiger partial charge in [0, 0.05) is 72.4 Å². The van der Waals surface area contributed by atoms with Gasteiger partial charge in [-0.2, -0.15) is 0 Å². The summed E-state index contributed by atoms with van der Waals surface area (Å²) < 4.78 is 19.7. The van der Waals surface area contributed by atoms with Crippen LogP contribution in [0, 0.1) is 17.9 Å². The average Bonchev–Trinajstić information content (AvgIpc) is 3.70. The van der Waals surface area contributed by atoms with E-state index in [0.717, 1.165) is 83.0 Å². The van der Waals surface area contributed by atoms with Crippen molar-refractivity contribution in [3.8, 4) is 35.0 Å². The Labute approximate surface area is 282 Å². The molecule has 4 heterocycles. The normalized spacial score (nSPS) is 15.0. The van der Waals surface area contributed by atoms with Crippen LogP contribution in [0.3, 0.4) is 0 Å². The molecule has 0 aliphatic carbocycles. The molecule has 9 nitrogen and oxygen atoms in total. The van der Waals surface area contributed by atoms with E-state index in [1.807, 2.05) is 26.1 Å². The number of aryl methyl sites for hydroxylation is 1. The Balaban J connectivity index is 1.59. The number of hydrogen-bond acceptors (Lipinski definition) is 8. The minimum atomic E-state index is -0.397. The van der Waals surface area contributed by atoms with E-state index in [1.165, 1.54) is 16.9 Å². The molecule has 1 N–H and O–H groups in total. The molecule has 1 saturated heterocycles. The number of nitrogens with one attached hydrogen (secondary N) is 1. The van der Waals surface area contributed by atoms with Crippen LogP contribution in [0.25, 0.3) is 33.4 Å². The Hall–Kier alpha value is -3.75. The third-order valence-corrected chi connectivity index (χ3v) is 9.69. The van der Waals surface area contributed by atoms with E-state index in [0.29, 0.717) is 13.2 Å². The van der Waals surface area contributed by atoms with Crippen LogP contribution >= 0.6 is 11.3 Å². The molecule has 4 aromatic rings. The van der Waals surface area contributed by atoms with Crippen molar-refractivity contribution in [1.82, 2.24) is 25.0 Å². The largest absolute Gasteiger partial charge is 0.446 e. The number of carbonyl (C=O) groups excluding carboxylic acids is 1. The maximum absolute atomic E-state index is 13.1. The number of terminal acetylenes is 1. The van der Waals surface area contributed by atoms with Crippen molar-refractivity contribution < 1.29 is 19.0 Å². The molecular weight excluding hydrogens is 611 g/mol. The Morgan fingerprint density at radius 1 is 1.23 bits per heavy atom. The zero-order valence-electron chi connectivity index (χ0n) is 28.5. The molecule has 250 valence electrons. The van der Waals surface area contributed by atoms with Crippen LogP contribution < -0.4 is 5.43 Å². The van der Waals surface area contributed by atoms with Crippen molar-refractivity contribution >= 4 is 28.1 Å². The van der Waals surface area contributed by atoms with Gasteiger partial charge in [-0.3, -0.25) is 14.8 Å². The lowest BCUT2D eigenvalue weighted by atomic mass is 9.84. The van der Waals surface area contributed by atoms with Crippen molar-refractivity contribution in [2.24, 2.45) is 5.41 Å². The minimum absolute atomic E-state index is 0.0355. The number of rotatable bonds is 14. The Kier molecular flexibility index (Phi) is 11.4. The highest BCUT2D eigenvalue weighted by Gasteiger charge is 2.29. The van der Waals surface area contributed by atoms with Crippen LogP contribution in [0.4, 0.5) is 0 Å². The van der Waals surface area contributed by atoms with Crippen LogP contribution in [0.1, 0.15) is 82.4 Å². The lowest BCUT2D eigenvalue weighted by Gasteiger charge is -2.28. The van der Waals surface area contributed by atoms with Crippen molar-refractivity contribution in [1.29, 1.82) is 0 Å². The van der Waals surface area contributed by atoms with E-state index in [1.54, 1.807) is 12.1 Å². The number of carbonyl (C=O) groups is 1. The first-order valence-corrected chi connectivity index (χ1v) is 17.4. The van der Waals surface area contributed by atoms with Crippen LogP contribution in [0.2, 0.25) is 0 Å². The number of fused-ring (bicyclic) bond motifs is 1. The van der Waals surface area contributed by atoms with E-state index in [-0.39, 0.29) is 23.8 Å². The third-order valence-electron chi connectivity index (χ3n) is 8.75. The molecule has 10 heteroatoms. The smallest absolute Gasteiger partial charge is 0.239 e. The molecule has 3 aromatic heterocycles. The quantitative estimate of drug-likeness (QED) is 0.142. The zero-order valence-corrected chi connectivity index (χ0v) is 29.3. The Morgan fingerprint density at radius 3 is 2.77 bits per heavy atom. The number of hydrazine groups is 1. The number of ether oxygens (including phenoxy) is 3. The molecule has 0 radical (unpaired) electrons. The second kappa shape index (κ2) is 15.4. The maximum atomic E-state index is 13.1. The van der Waals surface area contributed by atoms with E-state index < -0.39 is 6.10 Å². The molecule has 1 aliphatic heterocycles. The van der Waals surface area contributed by atoms with Crippen LogP contribution in [-0.4, -0.2) is 58.9 Å². The summed E-state index contributed by atoms with van der Waals surface area (Å²) in [6, 6.07) is 10.7. The van der Waals surface area contributed by atoms with Crippen molar-refractivity contribution in [2.45, 2.75) is 79.1 Å². The highest BCUT2D eigenvalue weighted by molar-refractivity contribution is 7.10. The summed E-state index contributed by atoms with van der Waals surface area (Å²) in [7, 11) is 1.71. The summed E-state index contributed by atoms with van der Waals surface area (Å²) in [5, 5.41) is 5.75. The highest BCUT2D eigenvalue weighted by atomic mass is 32.1. The first-order chi connectivity index (χ1) is 22.7. The number of nitrogens with zero attached hydrogens (tertiary/aromatic N) is 4. The van der Waals surface area contributed by atoms with Gasteiger partial charge in [-0.15, -0.1) is 11.3 Å². The second-order valence-electron chi connectivity index (χ2n) is 12.7. The van der Waals surface area contributed by atoms with E-state index in [9.17, 15) is 4.79 Å². The monoisotopic (exact) mass is 657 g/mol. The number of benzene rings is 1. The van der Waals surface area contributed by atoms with Gasteiger partial charge in [-0.25, -0.2) is 10.4 Å². The molecule has 1 fully saturated rings. The van der Waals surface area contributed by atoms with Crippen LogP contribution in [-0.2, 0) is 32.0 Å². The van der Waals surface area contributed by atoms with E-state index >= 15 is 0 Å². The molecule has 1 amide bonds. The van der Waals surface area contributed by atoms with Gasteiger partial charge >= 0.3 is 0 Å². The Bertz CT molecular complexity index is 1720. The number of aromatic nitrogens is 3. The van der Waals surface area contributed by atoms with Crippen molar-refractivity contribution in [3.63, 3.8) is 0 Å². The molecule has 0 saturated carbocycles. The summed E-state index contributed by atoms with van der Waals surface area (Å²) in [5.41, 5.74) is 10.3. The summed E-state index contributed by atoms with van der Waals surface area (Å²) >= 11 is 1.54. The number of hydrogen-bond donors (Lipinski definition) is 1. The molecule has 5 rings (SSSR count).